The number of ether oxygens (including phenoxy) is 4. The largest absolute Gasteiger partial charge is 0.496 e. The number of nitrogens with two attached hydrogens (primary N) is 2. The summed E-state index contributed by atoms with van der Waals surface area (Å²) >= 11 is 12.1. The lowest BCUT2D eigenvalue weighted by molar-refractivity contribution is -0.127. The molecule has 322 valence electrons. The zero-order chi connectivity index (χ0) is 41.9. The number of amides is 2. The van der Waals surface area contributed by atoms with Crippen molar-refractivity contribution in [1.82, 2.24) is 20.4 Å². The summed E-state index contributed by atoms with van der Waals surface area (Å²) in [5, 5.41) is 6.79. The smallest absolute Gasteiger partial charge is 0.342 e. The quantitative estimate of drug-likeness (QED) is 0.0585. The fourth-order valence-corrected chi connectivity index (χ4v) is 7.67. The maximum Gasteiger partial charge on any atom is 0.342 e. The molecule has 2 aromatic rings. The highest BCUT2D eigenvalue weighted by molar-refractivity contribution is 6.34. The molecule has 4 rings (SSSR count). The number of nitrogens with one attached hydrogen (secondary N) is 2. The molecule has 6 N–H and O–H groups in total. The molecule has 2 aromatic carbocycles. The van der Waals surface area contributed by atoms with Crippen molar-refractivity contribution in [3.8, 4) is 11.5 Å². The molecule has 0 radical (unpaired) electrons. The minimum Gasteiger partial charge on any atom is -0.496 e. The van der Waals surface area contributed by atoms with E-state index in [0.29, 0.717) is 49.1 Å². The Kier molecular flexibility index (Phi) is 20.0. The summed E-state index contributed by atoms with van der Waals surface area (Å²) in [6, 6.07) is 5.93. The average Bonchev–Trinajstić information content (AvgIpc) is 3.23. The molecule has 0 spiro atoms. The van der Waals surface area contributed by atoms with Gasteiger partial charge in [0.25, 0.3) is 0 Å². The van der Waals surface area contributed by atoms with E-state index >= 15 is 0 Å². The first-order valence-electron chi connectivity index (χ1n) is 20.6. The number of carbonyl (C=O) groups excluding carboxylic acids is 4. The van der Waals surface area contributed by atoms with E-state index < -0.39 is 11.9 Å². The van der Waals surface area contributed by atoms with Gasteiger partial charge in [-0.05, 0) is 76.8 Å². The molecular weight excluding hydrogens is 787 g/mol. The lowest BCUT2D eigenvalue weighted by atomic mass is 9.96. The van der Waals surface area contributed by atoms with E-state index in [-0.39, 0.29) is 58.0 Å². The molecule has 0 unspecified atom stereocenters. The van der Waals surface area contributed by atoms with Crippen LogP contribution in [-0.4, -0.2) is 113 Å². The summed E-state index contributed by atoms with van der Waals surface area (Å²) in [6.45, 7) is 6.18. The van der Waals surface area contributed by atoms with Crippen molar-refractivity contribution in [1.29, 1.82) is 0 Å². The number of halogens is 2. The van der Waals surface area contributed by atoms with Crippen LogP contribution in [0, 0.1) is 11.8 Å². The molecule has 2 saturated heterocycles. The highest BCUT2D eigenvalue weighted by atomic mass is 35.5. The Balaban J connectivity index is 0.925. The third-order valence-corrected chi connectivity index (χ3v) is 11.6. The molecule has 0 bridgehead atoms. The van der Waals surface area contributed by atoms with Gasteiger partial charge in [-0.25, -0.2) is 9.59 Å². The van der Waals surface area contributed by atoms with Crippen LogP contribution in [-0.2, 0) is 19.1 Å². The SMILES string of the molecule is COc1cc(N)c(Cl)cc1C(=O)OCCN1CCC(C(=O)NCCCCCCCCCCNC(=O)C2CCN(CCOC(=O)c3cc(Cl)c(N)cc3OC)CC2)CC1. The van der Waals surface area contributed by atoms with E-state index in [9.17, 15) is 19.2 Å². The second kappa shape index (κ2) is 24.8. The van der Waals surface area contributed by atoms with Crippen molar-refractivity contribution >= 4 is 58.3 Å². The van der Waals surface area contributed by atoms with Crippen molar-refractivity contribution in [2.24, 2.45) is 11.8 Å². The number of nitrogen functional groups attached to an aromatic ring is 2. The monoisotopic (exact) mass is 848 g/mol. The standard InChI is InChI=1S/C42H62Cl2N6O8/c1-55-37-27-35(45)33(43)25-31(37)41(53)57-23-21-49-17-11-29(12-18-49)39(51)47-15-9-7-5-3-4-6-8-10-16-48-40(52)30-13-19-50(20-14-30)22-24-58-42(54)32-26-34(44)36(46)28-38(32)56-2/h25-30H,3-24,45-46H2,1-2H3,(H,47,51)(H,48,52). The Morgan fingerprint density at radius 3 is 1.29 bits per heavy atom. The Labute approximate surface area is 352 Å². The number of likely N-dealkylation sites (tertiary alicyclic amines) is 2. The number of hydrogen-bond acceptors (Lipinski definition) is 12. The van der Waals surface area contributed by atoms with Crippen molar-refractivity contribution in [3.63, 3.8) is 0 Å². The molecule has 58 heavy (non-hydrogen) atoms. The number of methoxy groups -OCH3 is 2. The highest BCUT2D eigenvalue weighted by Gasteiger charge is 2.26. The van der Waals surface area contributed by atoms with Crippen LogP contribution in [0.5, 0.6) is 11.5 Å². The van der Waals surface area contributed by atoms with Crippen LogP contribution < -0.4 is 31.6 Å². The van der Waals surface area contributed by atoms with Gasteiger partial charge in [0.05, 0.1) is 35.6 Å². The van der Waals surface area contributed by atoms with Gasteiger partial charge in [-0.2, -0.15) is 0 Å². The van der Waals surface area contributed by atoms with Gasteiger partial charge in [0.2, 0.25) is 11.8 Å². The number of rotatable bonds is 23. The van der Waals surface area contributed by atoms with Crippen molar-refractivity contribution in [2.75, 3.05) is 91.3 Å². The van der Waals surface area contributed by atoms with Crippen LogP contribution in [0.3, 0.4) is 0 Å². The summed E-state index contributed by atoms with van der Waals surface area (Å²) in [5.74, 6) is -0.0920. The van der Waals surface area contributed by atoms with Gasteiger partial charge in [0.1, 0.15) is 35.8 Å². The van der Waals surface area contributed by atoms with E-state index in [4.69, 9.17) is 53.6 Å². The maximum atomic E-state index is 12.7. The van der Waals surface area contributed by atoms with Crippen molar-refractivity contribution in [3.05, 3.63) is 45.4 Å². The summed E-state index contributed by atoms with van der Waals surface area (Å²) < 4.78 is 21.4. The third-order valence-electron chi connectivity index (χ3n) is 11.0. The van der Waals surface area contributed by atoms with Crippen molar-refractivity contribution < 1.29 is 38.1 Å². The summed E-state index contributed by atoms with van der Waals surface area (Å²) in [4.78, 5) is 55.0. The first kappa shape index (κ1) is 46.7. The van der Waals surface area contributed by atoms with Gasteiger partial charge in [-0.1, -0.05) is 61.7 Å². The lowest BCUT2D eigenvalue weighted by Gasteiger charge is -2.31. The summed E-state index contributed by atoms with van der Waals surface area (Å²) in [6.07, 6.45) is 12.0. The molecule has 0 atom stereocenters. The third kappa shape index (κ3) is 15.0. The zero-order valence-corrected chi connectivity index (χ0v) is 35.6. The number of unbranched alkanes of at least 4 members (excludes halogenated alkanes) is 7. The van der Waals surface area contributed by atoms with Crippen LogP contribution in [0.4, 0.5) is 11.4 Å². The summed E-state index contributed by atoms with van der Waals surface area (Å²) in [7, 11) is 2.92. The Morgan fingerprint density at radius 2 is 0.948 bits per heavy atom. The van der Waals surface area contributed by atoms with E-state index in [1.165, 1.54) is 51.3 Å². The normalized spacial score (nSPS) is 15.4. The fraction of sp³-hybridized carbons (Fsp3) is 0.619. The second-order valence-electron chi connectivity index (χ2n) is 15.1. The molecular formula is C42H62Cl2N6O8. The van der Waals surface area contributed by atoms with Crippen LogP contribution >= 0.6 is 23.2 Å². The predicted molar refractivity (Wildman–Crippen MR) is 227 cm³/mol. The molecule has 2 aliphatic rings. The van der Waals surface area contributed by atoms with Gasteiger partial charge in [0, 0.05) is 50.1 Å². The molecule has 2 fully saturated rings. The Morgan fingerprint density at radius 1 is 0.603 bits per heavy atom. The minimum absolute atomic E-state index is 0.0160. The van der Waals surface area contributed by atoms with Gasteiger partial charge >= 0.3 is 11.9 Å². The first-order chi connectivity index (χ1) is 28.0. The number of anilines is 2. The number of hydrogen-bond donors (Lipinski definition) is 4. The van der Waals surface area contributed by atoms with Gasteiger partial charge < -0.3 is 41.0 Å². The van der Waals surface area contributed by atoms with E-state index in [1.807, 2.05) is 0 Å². The zero-order valence-electron chi connectivity index (χ0n) is 34.1. The van der Waals surface area contributed by atoms with E-state index in [0.717, 1.165) is 90.4 Å². The fourth-order valence-electron chi connectivity index (χ4n) is 7.35. The van der Waals surface area contributed by atoms with Crippen LogP contribution in [0.25, 0.3) is 0 Å². The summed E-state index contributed by atoms with van der Waals surface area (Å²) in [5.41, 5.74) is 12.7. The van der Waals surface area contributed by atoms with Gasteiger partial charge in [-0.3, -0.25) is 19.4 Å². The number of nitrogens with zero attached hydrogens (tertiary/aromatic N) is 2. The van der Waals surface area contributed by atoms with Crippen LogP contribution in [0.1, 0.15) is 97.8 Å². The molecule has 2 heterocycles. The van der Waals surface area contributed by atoms with Gasteiger partial charge in [-0.15, -0.1) is 0 Å². The molecule has 16 heteroatoms. The van der Waals surface area contributed by atoms with Crippen LogP contribution in [0.15, 0.2) is 24.3 Å². The lowest BCUT2D eigenvalue weighted by Crippen LogP contribution is -2.41. The molecule has 0 aromatic heterocycles. The van der Waals surface area contributed by atoms with E-state index in [1.54, 1.807) is 0 Å². The first-order valence-corrected chi connectivity index (χ1v) is 21.4. The maximum absolute atomic E-state index is 12.7. The molecule has 0 saturated carbocycles. The van der Waals surface area contributed by atoms with Gasteiger partial charge in [0.15, 0.2) is 0 Å². The molecule has 2 amide bonds. The number of benzene rings is 2. The van der Waals surface area contributed by atoms with Crippen LogP contribution in [0.2, 0.25) is 10.0 Å². The number of piperidine rings is 2. The topological polar surface area (TPSA) is 188 Å². The van der Waals surface area contributed by atoms with E-state index in [2.05, 4.69) is 20.4 Å². The van der Waals surface area contributed by atoms with Crippen molar-refractivity contribution in [2.45, 2.75) is 77.0 Å². The second-order valence-corrected chi connectivity index (χ2v) is 15.9. The molecule has 0 aliphatic carbocycles. The molecule has 14 nitrogen and oxygen atoms in total. The number of esters is 2. The number of carbonyl (C=O) groups is 4. The highest BCUT2D eigenvalue weighted by Crippen LogP contribution is 2.31. The molecule has 2 aliphatic heterocycles. The average molecular weight is 850 g/mol. The Bertz CT molecular complexity index is 1530. The predicted octanol–water partition coefficient (Wildman–Crippen LogP) is 5.97. The Hall–Kier alpha value is -3.98. The minimum atomic E-state index is -0.515.